The van der Waals surface area contributed by atoms with Crippen LogP contribution < -0.4 is 10.6 Å². The van der Waals surface area contributed by atoms with Crippen molar-refractivity contribution in [3.63, 3.8) is 0 Å². The number of aliphatic hydroxyl groups is 5. The van der Waals surface area contributed by atoms with Crippen LogP contribution in [-0.4, -0.2) is 112 Å². The van der Waals surface area contributed by atoms with E-state index in [1.165, 1.54) is 0 Å². The quantitative estimate of drug-likeness (QED) is 0.220. The molecule has 0 bridgehead atoms. The Balaban J connectivity index is 2.05. The van der Waals surface area contributed by atoms with E-state index in [1.807, 2.05) is 0 Å². The zero-order valence-electron chi connectivity index (χ0n) is 15.8. The van der Waals surface area contributed by atoms with Crippen LogP contribution in [-0.2, 0) is 23.8 Å². The fourth-order valence-electron chi connectivity index (χ4n) is 3.25. The first-order valence-electron chi connectivity index (χ1n) is 9.00. The second-order valence-electron chi connectivity index (χ2n) is 6.99. The van der Waals surface area contributed by atoms with Gasteiger partial charge < -0.3 is 50.4 Å². The van der Waals surface area contributed by atoms with E-state index < -0.39 is 86.4 Å². The second kappa shape index (κ2) is 10.0. The molecule has 29 heavy (non-hydrogen) atoms. The Morgan fingerprint density at radius 2 is 1.52 bits per heavy atom. The van der Waals surface area contributed by atoms with Crippen molar-refractivity contribution in [3.05, 3.63) is 0 Å². The van der Waals surface area contributed by atoms with Crippen LogP contribution >= 0.6 is 0 Å². The van der Waals surface area contributed by atoms with Crippen LogP contribution in [0.1, 0.15) is 13.8 Å². The summed E-state index contributed by atoms with van der Waals surface area (Å²) < 4.78 is 29.9. The van der Waals surface area contributed by atoms with Gasteiger partial charge in [-0.25, -0.2) is 4.39 Å². The molecule has 0 radical (unpaired) electrons. The second-order valence-corrected chi connectivity index (χ2v) is 6.99. The van der Waals surface area contributed by atoms with E-state index in [9.17, 15) is 39.5 Å². The van der Waals surface area contributed by atoms with E-state index in [0.29, 0.717) is 0 Å². The molecule has 13 heteroatoms. The Morgan fingerprint density at radius 3 is 2.07 bits per heavy atom. The number of hydrogen-bond donors (Lipinski definition) is 7. The molecule has 2 rings (SSSR count). The lowest BCUT2D eigenvalue weighted by Gasteiger charge is -2.43. The fraction of sp³-hybridized carbons (Fsp3) is 0.875. The molecule has 2 aliphatic heterocycles. The van der Waals surface area contributed by atoms with Crippen molar-refractivity contribution in [3.8, 4) is 0 Å². The summed E-state index contributed by atoms with van der Waals surface area (Å²) in [6, 6.07) is -2.60. The number of amides is 2. The lowest BCUT2D eigenvalue weighted by Crippen LogP contribution is -2.65. The molecule has 0 aromatic carbocycles. The molecule has 2 fully saturated rings. The molecule has 2 aliphatic rings. The molecule has 7 N–H and O–H groups in total. The smallest absolute Gasteiger partial charge is 0.217 e. The van der Waals surface area contributed by atoms with Crippen molar-refractivity contribution in [1.82, 2.24) is 10.6 Å². The molecule has 12 nitrogen and oxygen atoms in total. The fourth-order valence-corrected chi connectivity index (χ4v) is 3.25. The lowest BCUT2D eigenvalue weighted by atomic mass is 9.96. The lowest BCUT2D eigenvalue weighted by molar-refractivity contribution is -0.292. The predicted octanol–water partition coefficient (Wildman–Crippen LogP) is -4.13. The summed E-state index contributed by atoms with van der Waals surface area (Å²) in [6.45, 7) is 1.04. The van der Waals surface area contributed by atoms with E-state index >= 15 is 0 Å². The summed E-state index contributed by atoms with van der Waals surface area (Å²) >= 11 is 0. The first-order valence-corrected chi connectivity index (χ1v) is 9.00. The molecule has 0 aromatic heterocycles. The van der Waals surface area contributed by atoms with Crippen LogP contribution in [0.4, 0.5) is 4.39 Å². The van der Waals surface area contributed by atoms with E-state index in [0.717, 1.165) is 13.8 Å². The molecule has 168 valence electrons. The number of carbonyl (C=O) groups excluding carboxylic acids is 2. The molecule has 0 spiro atoms. The summed E-state index contributed by atoms with van der Waals surface area (Å²) in [5, 5.41) is 54.1. The number of nitrogens with one attached hydrogen (secondary N) is 2. The summed E-state index contributed by atoms with van der Waals surface area (Å²) in [7, 11) is 0. The Kier molecular flexibility index (Phi) is 8.25. The summed E-state index contributed by atoms with van der Waals surface area (Å²) in [6.07, 6.45) is -12.7. The molecule has 0 saturated carbocycles. The normalized spacial score (nSPS) is 42.9. The minimum Gasteiger partial charge on any atom is -0.394 e. The summed E-state index contributed by atoms with van der Waals surface area (Å²) in [5.74, 6) is -1.16. The largest absolute Gasteiger partial charge is 0.394 e. The van der Waals surface area contributed by atoms with Crippen LogP contribution in [0.3, 0.4) is 0 Å². The van der Waals surface area contributed by atoms with Gasteiger partial charge in [0.05, 0.1) is 13.2 Å². The minimum absolute atomic E-state index is 0.495. The van der Waals surface area contributed by atoms with Crippen molar-refractivity contribution in [2.24, 2.45) is 0 Å². The zero-order valence-corrected chi connectivity index (χ0v) is 15.8. The molecule has 1 unspecified atom stereocenters. The number of carbonyl (C=O) groups is 2. The van der Waals surface area contributed by atoms with Gasteiger partial charge in [0, 0.05) is 13.8 Å². The van der Waals surface area contributed by atoms with Crippen molar-refractivity contribution in [2.75, 3.05) is 13.2 Å². The number of hydrogen-bond acceptors (Lipinski definition) is 10. The monoisotopic (exact) mass is 426 g/mol. The molecular weight excluding hydrogens is 399 g/mol. The van der Waals surface area contributed by atoms with E-state index in [2.05, 4.69) is 10.6 Å². The van der Waals surface area contributed by atoms with Crippen LogP contribution in [0, 0.1) is 0 Å². The third-order valence-electron chi connectivity index (χ3n) is 4.72. The van der Waals surface area contributed by atoms with Crippen LogP contribution in [0.5, 0.6) is 0 Å². The maximum Gasteiger partial charge on any atom is 0.217 e. The highest BCUT2D eigenvalue weighted by Crippen LogP contribution is 2.26. The average molecular weight is 426 g/mol. The molecule has 2 heterocycles. The van der Waals surface area contributed by atoms with Crippen LogP contribution in [0.15, 0.2) is 0 Å². The van der Waals surface area contributed by atoms with E-state index in [-0.39, 0.29) is 0 Å². The summed E-state index contributed by atoms with van der Waals surface area (Å²) in [4.78, 5) is 22.5. The van der Waals surface area contributed by atoms with Crippen molar-refractivity contribution < 1.29 is 53.7 Å². The zero-order chi connectivity index (χ0) is 21.9. The first-order chi connectivity index (χ1) is 13.6. The van der Waals surface area contributed by atoms with Gasteiger partial charge in [-0.2, -0.15) is 0 Å². The maximum atomic E-state index is 14.1. The molecule has 0 aliphatic carbocycles. The Labute approximate surface area is 165 Å². The Bertz CT molecular complexity index is 584. The molecule has 2 saturated heterocycles. The van der Waals surface area contributed by atoms with Crippen molar-refractivity contribution >= 4 is 11.8 Å². The van der Waals surface area contributed by atoms with Gasteiger partial charge in [0.2, 0.25) is 11.8 Å². The van der Waals surface area contributed by atoms with Crippen LogP contribution in [0.25, 0.3) is 0 Å². The molecule has 2 amide bonds. The Morgan fingerprint density at radius 1 is 0.931 bits per heavy atom. The van der Waals surface area contributed by atoms with Crippen molar-refractivity contribution in [2.45, 2.75) is 75.2 Å². The van der Waals surface area contributed by atoms with E-state index in [1.54, 1.807) is 0 Å². The number of alkyl halides is 1. The number of rotatable bonds is 6. The minimum atomic E-state index is -1.99. The number of aliphatic hydroxyl groups excluding tert-OH is 5. The van der Waals surface area contributed by atoms with Gasteiger partial charge in [0.25, 0.3) is 0 Å². The van der Waals surface area contributed by atoms with E-state index in [4.69, 9.17) is 14.2 Å². The third kappa shape index (κ3) is 5.58. The highest BCUT2D eigenvalue weighted by Gasteiger charge is 2.48. The topological polar surface area (TPSA) is 187 Å². The van der Waals surface area contributed by atoms with Crippen molar-refractivity contribution in [1.29, 1.82) is 0 Å². The predicted molar refractivity (Wildman–Crippen MR) is 90.7 cm³/mol. The molecule has 0 aromatic rings. The van der Waals surface area contributed by atoms with Gasteiger partial charge in [-0.05, 0) is 0 Å². The van der Waals surface area contributed by atoms with Gasteiger partial charge in [-0.3, -0.25) is 9.59 Å². The van der Waals surface area contributed by atoms with Gasteiger partial charge in [0.1, 0.15) is 42.6 Å². The maximum absolute atomic E-state index is 14.1. The first kappa shape index (κ1) is 23.8. The third-order valence-corrected chi connectivity index (χ3v) is 4.72. The standard InChI is InChI=1S/C16H27FN2O10/c1-5(21)18-10-14(25)12(23)8(28-15(10)26)4-27-16-11(19-6(2)22)13(24)9(17)7(3-20)29-16/h7-16,20,23-26H,3-4H2,1-2H3,(H,18,21)(H,19,22)/t7-,8-,9-,10-,11-,12+,13+,14-,15+,16?/m1/s1. The van der Waals surface area contributed by atoms with Gasteiger partial charge in [0.15, 0.2) is 18.8 Å². The highest BCUT2D eigenvalue weighted by molar-refractivity contribution is 5.73. The summed E-state index contributed by atoms with van der Waals surface area (Å²) in [5.41, 5.74) is 0. The SMILES string of the molecule is CC(=O)N[C@@H]1[C@@H](O)[C@@H](O)[C@@H](COC2O[C@H](CO)[C@@H](F)[C@H](O)[C@H]2NC(C)=O)O[C@@H]1O. The molecular formula is C16H27FN2O10. The number of halogens is 1. The average Bonchev–Trinajstić information content (AvgIpc) is 2.65. The van der Waals surface area contributed by atoms with Gasteiger partial charge in [-0.15, -0.1) is 0 Å². The van der Waals surface area contributed by atoms with Gasteiger partial charge in [-0.1, -0.05) is 0 Å². The molecule has 10 atom stereocenters. The van der Waals surface area contributed by atoms with Gasteiger partial charge >= 0.3 is 0 Å². The number of ether oxygens (including phenoxy) is 3. The highest BCUT2D eigenvalue weighted by atomic mass is 19.1. The Hall–Kier alpha value is -1.45. The van der Waals surface area contributed by atoms with Crippen LogP contribution in [0.2, 0.25) is 0 Å².